The Balaban J connectivity index is 0.000000533. The van der Waals surface area contributed by atoms with Gasteiger partial charge in [-0.2, -0.15) is 0 Å². The summed E-state index contributed by atoms with van der Waals surface area (Å²) in [5.74, 6) is 0.943. The fraction of sp³-hybridized carbons (Fsp3) is 0.500. The zero-order chi connectivity index (χ0) is 20.4. The van der Waals surface area contributed by atoms with Crippen LogP contribution in [0.5, 0.6) is 11.6 Å². The number of aromatic nitrogens is 1. The van der Waals surface area contributed by atoms with Crippen molar-refractivity contribution >= 4 is 13.3 Å². The number of nitrogens with zero attached hydrogens (tertiary/aromatic N) is 1. The smallest absolute Gasteiger partial charge is 0.211 e. The molecule has 0 N–H and O–H groups in total. The van der Waals surface area contributed by atoms with Crippen LogP contribution in [0.1, 0.15) is 61.0 Å². The third-order valence-electron chi connectivity index (χ3n) is 4.34. The van der Waals surface area contributed by atoms with Gasteiger partial charge in [0.25, 0.3) is 0 Å². The Bertz CT molecular complexity index is 616. The average Bonchev–Trinajstić information content (AvgIpc) is 2.58. The van der Waals surface area contributed by atoms with Crippen LogP contribution < -0.4 is 10.2 Å². The van der Waals surface area contributed by atoms with Crippen LogP contribution in [0, 0.1) is 10.8 Å². The molecule has 26 heavy (non-hydrogen) atoms. The summed E-state index contributed by atoms with van der Waals surface area (Å²) in [6.07, 6.45) is 1.60. The lowest BCUT2D eigenvalue weighted by Gasteiger charge is -2.34. The highest BCUT2D eigenvalue weighted by Crippen LogP contribution is 2.36. The van der Waals surface area contributed by atoms with Gasteiger partial charge in [-0.25, -0.2) is 9.37 Å². The van der Waals surface area contributed by atoms with Crippen LogP contribution >= 0.6 is 0 Å². The molecule has 2 radical (unpaired) electrons. The number of benzene rings is 1. The molecule has 2 nitrogen and oxygen atoms in total. The number of pyridine rings is 1. The van der Waals surface area contributed by atoms with Gasteiger partial charge in [-0.15, -0.1) is 0 Å². The maximum Gasteiger partial charge on any atom is 0.211 e. The van der Waals surface area contributed by atoms with Crippen LogP contribution in [-0.2, 0) is 6.67 Å². The first-order chi connectivity index (χ1) is 12.0. The summed E-state index contributed by atoms with van der Waals surface area (Å²) in [5, 5.41) is 0. The molecule has 4 heteroatoms. The second kappa shape index (κ2) is 11.0. The standard InChI is InChI=1S/C12H9BFNO.C8H18.C2H6/c13-11-2-1-7-15-12(11)16-10-5-3-9(8-14)4-6-10;1-7(2,3)8(4,5)6;1-2/h1-7H,8H2;1-6H3;1-2H3. The van der Waals surface area contributed by atoms with E-state index in [1.165, 1.54) is 0 Å². The Morgan fingerprint density at radius 2 is 1.42 bits per heavy atom. The highest BCUT2D eigenvalue weighted by Gasteiger charge is 2.26. The molecule has 0 atom stereocenters. The van der Waals surface area contributed by atoms with E-state index in [0.717, 1.165) is 0 Å². The molecular weight excluding hydrogens is 324 g/mol. The Kier molecular flexibility index (Phi) is 10.2. The van der Waals surface area contributed by atoms with Crippen molar-refractivity contribution in [3.05, 3.63) is 48.2 Å². The zero-order valence-corrected chi connectivity index (χ0v) is 17.6. The first kappa shape index (κ1) is 24.2. The Labute approximate surface area is 160 Å². The molecule has 0 amide bonds. The normalized spacial score (nSPS) is 10.8. The van der Waals surface area contributed by atoms with Crippen molar-refractivity contribution in [1.29, 1.82) is 0 Å². The summed E-state index contributed by atoms with van der Waals surface area (Å²) < 4.78 is 17.7. The van der Waals surface area contributed by atoms with Crippen molar-refractivity contribution < 1.29 is 9.13 Å². The lowest BCUT2D eigenvalue weighted by Crippen LogP contribution is -2.25. The Morgan fingerprint density at radius 1 is 0.923 bits per heavy atom. The van der Waals surface area contributed by atoms with E-state index in [1.807, 2.05) is 13.8 Å². The fourth-order valence-electron chi connectivity index (χ4n) is 1.25. The number of alkyl halides is 1. The van der Waals surface area contributed by atoms with Crippen LogP contribution in [0.25, 0.3) is 0 Å². The SMILES string of the molecule is CC.CC(C)(C)C(C)(C)C.[B]c1cccnc1Oc1ccc(CF)cc1. The largest absolute Gasteiger partial charge is 0.440 e. The molecule has 0 aliphatic heterocycles. The van der Waals surface area contributed by atoms with Crippen molar-refractivity contribution in [2.24, 2.45) is 10.8 Å². The Hall–Kier alpha value is -1.84. The summed E-state index contributed by atoms with van der Waals surface area (Å²) in [5.41, 5.74) is 1.96. The van der Waals surface area contributed by atoms with Crippen molar-refractivity contribution in [1.82, 2.24) is 4.98 Å². The second-order valence-electron chi connectivity index (χ2n) is 7.78. The van der Waals surface area contributed by atoms with Gasteiger partial charge in [0.05, 0.1) is 0 Å². The van der Waals surface area contributed by atoms with Crippen LogP contribution in [0.4, 0.5) is 4.39 Å². The van der Waals surface area contributed by atoms with Crippen LogP contribution in [0.15, 0.2) is 42.6 Å². The summed E-state index contributed by atoms with van der Waals surface area (Å²) in [6.45, 7) is 17.1. The minimum Gasteiger partial charge on any atom is -0.440 e. The molecule has 1 aromatic heterocycles. The van der Waals surface area contributed by atoms with Crippen LogP contribution in [0.2, 0.25) is 0 Å². The molecule has 142 valence electrons. The van der Waals surface area contributed by atoms with Gasteiger partial charge in [-0.05, 0) is 40.1 Å². The summed E-state index contributed by atoms with van der Waals surface area (Å²) in [4.78, 5) is 3.99. The first-order valence-corrected chi connectivity index (χ1v) is 9.08. The van der Waals surface area contributed by atoms with Gasteiger partial charge >= 0.3 is 0 Å². The lowest BCUT2D eigenvalue weighted by atomic mass is 9.71. The quantitative estimate of drug-likeness (QED) is 0.607. The fourth-order valence-corrected chi connectivity index (χ4v) is 1.25. The van der Waals surface area contributed by atoms with Gasteiger partial charge in [0.2, 0.25) is 5.88 Å². The number of halogens is 1. The molecule has 0 fully saturated rings. The topological polar surface area (TPSA) is 22.1 Å². The second-order valence-corrected chi connectivity index (χ2v) is 7.78. The predicted molar refractivity (Wildman–Crippen MR) is 111 cm³/mol. The summed E-state index contributed by atoms with van der Waals surface area (Å²) in [7, 11) is 5.68. The molecular formula is C22H33BFNO. The van der Waals surface area contributed by atoms with E-state index < -0.39 is 6.67 Å². The predicted octanol–water partition coefficient (Wildman–Crippen LogP) is 6.24. The van der Waals surface area contributed by atoms with Crippen molar-refractivity contribution in [2.75, 3.05) is 0 Å². The third-order valence-corrected chi connectivity index (χ3v) is 4.34. The van der Waals surface area contributed by atoms with Gasteiger partial charge in [0, 0.05) is 6.20 Å². The highest BCUT2D eigenvalue weighted by molar-refractivity contribution is 6.33. The first-order valence-electron chi connectivity index (χ1n) is 9.08. The van der Waals surface area contributed by atoms with E-state index in [4.69, 9.17) is 12.6 Å². The van der Waals surface area contributed by atoms with Crippen molar-refractivity contribution in [3.8, 4) is 11.6 Å². The maximum absolute atomic E-state index is 12.3. The number of rotatable bonds is 3. The average molecular weight is 357 g/mol. The van der Waals surface area contributed by atoms with Gasteiger partial charge < -0.3 is 4.74 Å². The third kappa shape index (κ3) is 8.51. The van der Waals surface area contributed by atoms with Gasteiger partial charge in [-0.1, -0.05) is 73.6 Å². The molecule has 1 aromatic carbocycles. The van der Waals surface area contributed by atoms with E-state index in [-0.39, 0.29) is 0 Å². The molecule has 0 bridgehead atoms. The molecule has 2 aromatic rings. The number of hydrogen-bond donors (Lipinski definition) is 0. The molecule has 0 aliphatic rings. The molecule has 1 heterocycles. The molecule has 0 saturated heterocycles. The minimum absolute atomic E-state index is 0.357. The van der Waals surface area contributed by atoms with Gasteiger partial charge in [0.1, 0.15) is 20.3 Å². The van der Waals surface area contributed by atoms with Gasteiger partial charge in [0.15, 0.2) is 0 Å². The molecule has 0 aliphatic carbocycles. The van der Waals surface area contributed by atoms with E-state index in [9.17, 15) is 4.39 Å². The summed E-state index contributed by atoms with van der Waals surface area (Å²) >= 11 is 0. The van der Waals surface area contributed by atoms with E-state index >= 15 is 0 Å². The molecule has 0 saturated carbocycles. The van der Waals surface area contributed by atoms with Gasteiger partial charge in [-0.3, -0.25) is 0 Å². The Morgan fingerprint density at radius 3 is 1.81 bits per heavy atom. The van der Waals surface area contributed by atoms with E-state index in [2.05, 4.69) is 46.5 Å². The highest BCUT2D eigenvalue weighted by atomic mass is 19.1. The minimum atomic E-state index is -0.480. The molecule has 0 spiro atoms. The van der Waals surface area contributed by atoms with Crippen LogP contribution in [0.3, 0.4) is 0 Å². The number of hydrogen-bond acceptors (Lipinski definition) is 2. The van der Waals surface area contributed by atoms with Crippen molar-refractivity contribution in [3.63, 3.8) is 0 Å². The maximum atomic E-state index is 12.3. The summed E-state index contributed by atoms with van der Waals surface area (Å²) in [6, 6.07) is 10.1. The van der Waals surface area contributed by atoms with E-state index in [1.54, 1.807) is 42.6 Å². The van der Waals surface area contributed by atoms with Crippen molar-refractivity contribution in [2.45, 2.75) is 62.1 Å². The lowest BCUT2D eigenvalue weighted by molar-refractivity contribution is 0.157. The zero-order valence-electron chi connectivity index (χ0n) is 17.6. The monoisotopic (exact) mass is 357 g/mol. The molecule has 2 rings (SSSR count). The van der Waals surface area contributed by atoms with Crippen LogP contribution in [-0.4, -0.2) is 12.8 Å². The van der Waals surface area contributed by atoms with E-state index in [0.29, 0.717) is 33.5 Å². The number of ether oxygens (including phenoxy) is 1. The molecule has 0 unspecified atom stereocenters.